The van der Waals surface area contributed by atoms with E-state index in [-0.39, 0.29) is 0 Å². The summed E-state index contributed by atoms with van der Waals surface area (Å²) >= 11 is 0. The standard InChI is InChI=1S/C23H24N6O2S/c1-27-14-16-10-11-18(13-17(16)15-27)24-23-25-22-20(8-6-12-29(22)26-23)19-7-4-5-9-21(19)28(2)32(3,30)31/h4-13H,14-15H2,1-3H3,(H,24,26). The molecular weight excluding hydrogens is 424 g/mol. The number of anilines is 3. The Bertz CT molecular complexity index is 1430. The second-order valence-corrected chi connectivity index (χ2v) is 10.2. The van der Waals surface area contributed by atoms with E-state index in [0.717, 1.165) is 29.9 Å². The first-order valence-electron chi connectivity index (χ1n) is 10.3. The molecular formula is C23H24N6O2S. The van der Waals surface area contributed by atoms with Crippen molar-refractivity contribution in [3.8, 4) is 11.1 Å². The van der Waals surface area contributed by atoms with Gasteiger partial charge in [0, 0.05) is 43.1 Å². The summed E-state index contributed by atoms with van der Waals surface area (Å²) in [6.07, 6.45) is 3.02. The van der Waals surface area contributed by atoms with Gasteiger partial charge in [-0.2, -0.15) is 4.98 Å². The van der Waals surface area contributed by atoms with Gasteiger partial charge in [-0.05, 0) is 48.5 Å². The maximum absolute atomic E-state index is 12.2. The van der Waals surface area contributed by atoms with Crippen molar-refractivity contribution in [3.05, 3.63) is 71.9 Å². The third-order valence-electron chi connectivity index (χ3n) is 5.74. The summed E-state index contributed by atoms with van der Waals surface area (Å²) in [5, 5.41) is 7.89. The summed E-state index contributed by atoms with van der Waals surface area (Å²) in [6.45, 7) is 1.89. The lowest BCUT2D eigenvalue weighted by molar-refractivity contribution is 0.353. The van der Waals surface area contributed by atoms with Crippen LogP contribution in [0.15, 0.2) is 60.8 Å². The lowest BCUT2D eigenvalue weighted by atomic mass is 10.1. The molecule has 8 nitrogen and oxygen atoms in total. The lowest BCUT2D eigenvalue weighted by Crippen LogP contribution is -2.25. The number of aromatic nitrogens is 3. The molecule has 3 heterocycles. The molecule has 1 aliphatic rings. The SMILES string of the molecule is CN1Cc2ccc(Nc3nc4c(-c5ccccc5N(C)S(C)(=O)=O)cccn4n3)cc2C1. The van der Waals surface area contributed by atoms with E-state index < -0.39 is 10.0 Å². The van der Waals surface area contributed by atoms with Gasteiger partial charge in [-0.3, -0.25) is 9.21 Å². The minimum Gasteiger partial charge on any atom is -0.323 e. The van der Waals surface area contributed by atoms with Crippen LogP contribution in [0.4, 0.5) is 17.3 Å². The molecule has 0 aliphatic carbocycles. The first-order valence-corrected chi connectivity index (χ1v) is 12.1. The Morgan fingerprint density at radius 2 is 1.75 bits per heavy atom. The van der Waals surface area contributed by atoms with Gasteiger partial charge in [-0.25, -0.2) is 12.9 Å². The Hall–Kier alpha value is -3.43. The highest BCUT2D eigenvalue weighted by atomic mass is 32.2. The van der Waals surface area contributed by atoms with Crippen LogP contribution in [0.5, 0.6) is 0 Å². The molecule has 5 rings (SSSR count). The zero-order chi connectivity index (χ0) is 22.5. The first-order chi connectivity index (χ1) is 15.3. The Balaban J connectivity index is 1.54. The van der Waals surface area contributed by atoms with Gasteiger partial charge >= 0.3 is 0 Å². The summed E-state index contributed by atoms with van der Waals surface area (Å²) in [4.78, 5) is 6.99. The number of nitrogens with zero attached hydrogens (tertiary/aromatic N) is 5. The summed E-state index contributed by atoms with van der Waals surface area (Å²) in [5.41, 5.74) is 6.39. The van der Waals surface area contributed by atoms with Crippen molar-refractivity contribution in [2.24, 2.45) is 0 Å². The molecule has 0 fully saturated rings. The molecule has 0 atom stereocenters. The third-order valence-corrected chi connectivity index (χ3v) is 6.93. The summed E-state index contributed by atoms with van der Waals surface area (Å²) in [6, 6.07) is 17.5. The fourth-order valence-corrected chi connectivity index (χ4v) is 4.61. The van der Waals surface area contributed by atoms with Crippen LogP contribution >= 0.6 is 0 Å². The minimum atomic E-state index is -3.41. The molecule has 0 saturated heterocycles. The van der Waals surface area contributed by atoms with Crippen LogP contribution in [0, 0.1) is 0 Å². The van der Waals surface area contributed by atoms with Crippen LogP contribution in [-0.4, -0.2) is 48.3 Å². The monoisotopic (exact) mass is 448 g/mol. The van der Waals surface area contributed by atoms with E-state index in [2.05, 4.69) is 34.5 Å². The predicted molar refractivity (Wildman–Crippen MR) is 127 cm³/mol. The zero-order valence-electron chi connectivity index (χ0n) is 18.1. The number of sulfonamides is 1. The average molecular weight is 449 g/mol. The van der Waals surface area contributed by atoms with E-state index in [9.17, 15) is 8.42 Å². The van der Waals surface area contributed by atoms with Crippen LogP contribution in [0.2, 0.25) is 0 Å². The summed E-state index contributed by atoms with van der Waals surface area (Å²) in [5.74, 6) is 0.484. The largest absolute Gasteiger partial charge is 0.323 e. The van der Waals surface area contributed by atoms with Gasteiger partial charge in [0.05, 0.1) is 11.9 Å². The minimum absolute atomic E-state index is 0.484. The smallest absolute Gasteiger partial charge is 0.247 e. The fraction of sp³-hybridized carbons (Fsp3) is 0.217. The number of hydrogen-bond acceptors (Lipinski definition) is 6. The molecule has 164 valence electrons. The van der Waals surface area contributed by atoms with E-state index in [1.54, 1.807) is 17.6 Å². The Kier molecular flexibility index (Phi) is 4.87. The van der Waals surface area contributed by atoms with Crippen LogP contribution in [0.3, 0.4) is 0 Å². The van der Waals surface area contributed by atoms with Crippen molar-refractivity contribution >= 4 is 33.0 Å². The molecule has 4 aromatic rings. The van der Waals surface area contributed by atoms with Crippen molar-refractivity contribution in [3.63, 3.8) is 0 Å². The number of benzene rings is 2. The van der Waals surface area contributed by atoms with Gasteiger partial charge in [0.25, 0.3) is 0 Å². The third kappa shape index (κ3) is 3.69. The highest BCUT2D eigenvalue weighted by Gasteiger charge is 2.20. The summed E-state index contributed by atoms with van der Waals surface area (Å²) < 4.78 is 27.3. The molecule has 9 heteroatoms. The molecule has 0 unspecified atom stereocenters. The van der Waals surface area contributed by atoms with Crippen molar-refractivity contribution < 1.29 is 8.42 Å². The number of rotatable bonds is 5. The Morgan fingerprint density at radius 3 is 2.56 bits per heavy atom. The van der Waals surface area contributed by atoms with Crippen LogP contribution < -0.4 is 9.62 Å². The predicted octanol–water partition coefficient (Wildman–Crippen LogP) is 3.48. The molecule has 0 amide bonds. The van der Waals surface area contributed by atoms with E-state index in [0.29, 0.717) is 17.3 Å². The quantitative estimate of drug-likeness (QED) is 0.503. The van der Waals surface area contributed by atoms with Crippen molar-refractivity contribution in [1.29, 1.82) is 0 Å². The molecule has 1 N–H and O–H groups in total. The van der Waals surface area contributed by atoms with Crippen LogP contribution in [0.1, 0.15) is 11.1 Å². The maximum atomic E-state index is 12.2. The number of para-hydroxylation sites is 1. The summed E-state index contributed by atoms with van der Waals surface area (Å²) in [7, 11) is 0.251. The topological polar surface area (TPSA) is 82.8 Å². The Labute approximate surface area is 187 Å². The van der Waals surface area contributed by atoms with Crippen molar-refractivity contribution in [2.45, 2.75) is 13.1 Å². The second kappa shape index (κ2) is 7.61. The molecule has 0 spiro atoms. The Morgan fingerprint density at radius 1 is 1.00 bits per heavy atom. The van der Waals surface area contributed by atoms with Gasteiger partial charge in [-0.15, -0.1) is 5.10 Å². The molecule has 0 radical (unpaired) electrons. The van der Waals surface area contributed by atoms with E-state index in [1.807, 2.05) is 42.6 Å². The molecule has 0 saturated carbocycles. The van der Waals surface area contributed by atoms with Crippen molar-refractivity contribution in [1.82, 2.24) is 19.5 Å². The molecule has 1 aliphatic heterocycles. The molecule has 0 bridgehead atoms. The highest BCUT2D eigenvalue weighted by Crippen LogP contribution is 2.34. The molecule has 32 heavy (non-hydrogen) atoms. The number of nitrogens with one attached hydrogen (secondary N) is 1. The van der Waals surface area contributed by atoms with Crippen molar-refractivity contribution in [2.75, 3.05) is 30.0 Å². The normalized spacial score (nSPS) is 14.0. The van der Waals surface area contributed by atoms with E-state index in [4.69, 9.17) is 4.98 Å². The van der Waals surface area contributed by atoms with Crippen LogP contribution in [0.25, 0.3) is 16.8 Å². The number of fused-ring (bicyclic) bond motifs is 2. The fourth-order valence-electron chi connectivity index (χ4n) is 4.10. The van der Waals surface area contributed by atoms with Crippen LogP contribution in [-0.2, 0) is 23.1 Å². The number of hydrogen-bond donors (Lipinski definition) is 1. The maximum Gasteiger partial charge on any atom is 0.247 e. The first kappa shape index (κ1) is 20.5. The molecule has 2 aromatic carbocycles. The zero-order valence-corrected chi connectivity index (χ0v) is 19.0. The van der Waals surface area contributed by atoms with E-state index >= 15 is 0 Å². The molecule has 2 aromatic heterocycles. The van der Waals surface area contributed by atoms with E-state index in [1.165, 1.54) is 21.7 Å². The van der Waals surface area contributed by atoms with Gasteiger partial charge in [0.15, 0.2) is 5.65 Å². The average Bonchev–Trinajstić information content (AvgIpc) is 3.33. The second-order valence-electron chi connectivity index (χ2n) is 8.15. The van der Waals surface area contributed by atoms with Gasteiger partial charge in [-0.1, -0.05) is 24.3 Å². The van der Waals surface area contributed by atoms with Gasteiger partial charge < -0.3 is 5.32 Å². The highest BCUT2D eigenvalue weighted by molar-refractivity contribution is 7.92. The number of pyridine rings is 1. The van der Waals surface area contributed by atoms with Gasteiger partial charge in [0.1, 0.15) is 0 Å². The lowest BCUT2D eigenvalue weighted by Gasteiger charge is -2.20. The van der Waals surface area contributed by atoms with Gasteiger partial charge in [0.2, 0.25) is 16.0 Å².